The van der Waals surface area contributed by atoms with Crippen molar-refractivity contribution in [2.45, 2.75) is 29.5 Å². The maximum absolute atomic E-state index is 5.89. The summed E-state index contributed by atoms with van der Waals surface area (Å²) in [7, 11) is 0. The van der Waals surface area contributed by atoms with Gasteiger partial charge in [0.15, 0.2) is 5.82 Å². The fourth-order valence-electron chi connectivity index (χ4n) is 1.66. The third-order valence-corrected chi connectivity index (χ3v) is 3.81. The Morgan fingerprint density at radius 2 is 2.18 bits per heavy atom. The Labute approximate surface area is 103 Å². The molecule has 1 heterocycles. The smallest absolute Gasteiger partial charge is 0.161 e. The third-order valence-electron chi connectivity index (χ3n) is 2.73. The average Bonchev–Trinajstić information content (AvgIpc) is 3.08. The van der Waals surface area contributed by atoms with Crippen LogP contribution in [0.2, 0.25) is 0 Å². The van der Waals surface area contributed by atoms with E-state index in [-0.39, 0.29) is 0 Å². The summed E-state index contributed by atoms with van der Waals surface area (Å²) in [5.74, 6) is 1.69. The van der Waals surface area contributed by atoms with E-state index in [0.29, 0.717) is 6.04 Å². The van der Waals surface area contributed by atoms with E-state index in [2.05, 4.69) is 15.5 Å². The number of nitrogens with zero attached hydrogens (tertiary/aromatic N) is 4. The second-order valence-corrected chi connectivity index (χ2v) is 5.11. The molecular formula is C11H13N5S. The monoisotopic (exact) mass is 247 g/mol. The maximum Gasteiger partial charge on any atom is 0.161 e. The van der Waals surface area contributed by atoms with Gasteiger partial charge in [0.05, 0.1) is 11.8 Å². The molecular weight excluding hydrogens is 234 g/mol. The van der Waals surface area contributed by atoms with Gasteiger partial charge >= 0.3 is 0 Å². The van der Waals surface area contributed by atoms with E-state index >= 15 is 0 Å². The van der Waals surface area contributed by atoms with Crippen LogP contribution in [0.3, 0.4) is 0 Å². The van der Waals surface area contributed by atoms with Crippen LogP contribution in [0.4, 0.5) is 5.69 Å². The van der Waals surface area contributed by atoms with Gasteiger partial charge in [-0.05, 0) is 35.4 Å². The van der Waals surface area contributed by atoms with Crippen molar-refractivity contribution in [3.05, 3.63) is 30.1 Å². The van der Waals surface area contributed by atoms with Gasteiger partial charge in [-0.1, -0.05) is 12.1 Å². The van der Waals surface area contributed by atoms with Crippen molar-refractivity contribution < 1.29 is 0 Å². The molecule has 17 heavy (non-hydrogen) atoms. The summed E-state index contributed by atoms with van der Waals surface area (Å²) in [6.07, 6.45) is 2.38. The minimum Gasteiger partial charge on any atom is -0.398 e. The van der Waals surface area contributed by atoms with Crippen LogP contribution >= 0.6 is 11.8 Å². The van der Waals surface area contributed by atoms with E-state index < -0.39 is 0 Å². The Bertz CT molecular complexity index is 520. The van der Waals surface area contributed by atoms with Crippen LogP contribution in [0.25, 0.3) is 0 Å². The minimum absolute atomic E-state index is 0.522. The van der Waals surface area contributed by atoms with Crippen LogP contribution in [-0.4, -0.2) is 20.2 Å². The lowest BCUT2D eigenvalue weighted by atomic mass is 10.3. The predicted octanol–water partition coefficient (Wildman–Crippen LogP) is 1.88. The first-order valence-electron chi connectivity index (χ1n) is 5.58. The maximum atomic E-state index is 5.89. The molecule has 1 fully saturated rings. The zero-order valence-electron chi connectivity index (χ0n) is 9.28. The third kappa shape index (κ3) is 2.26. The highest BCUT2D eigenvalue weighted by Crippen LogP contribution is 2.35. The van der Waals surface area contributed by atoms with Gasteiger partial charge in [-0.2, -0.15) is 0 Å². The number of rotatable bonds is 4. The van der Waals surface area contributed by atoms with Crippen molar-refractivity contribution in [1.29, 1.82) is 0 Å². The second-order valence-electron chi connectivity index (χ2n) is 4.10. The highest BCUT2D eigenvalue weighted by atomic mass is 32.2. The number of anilines is 1. The molecule has 0 aliphatic heterocycles. The van der Waals surface area contributed by atoms with Crippen LogP contribution < -0.4 is 5.73 Å². The van der Waals surface area contributed by atoms with E-state index in [1.54, 1.807) is 11.8 Å². The van der Waals surface area contributed by atoms with Crippen molar-refractivity contribution in [1.82, 2.24) is 20.2 Å². The van der Waals surface area contributed by atoms with Gasteiger partial charge in [-0.3, -0.25) is 0 Å². The summed E-state index contributed by atoms with van der Waals surface area (Å²) in [5.41, 5.74) is 6.70. The number of benzene rings is 1. The highest BCUT2D eigenvalue weighted by Gasteiger charge is 2.27. The van der Waals surface area contributed by atoms with Gasteiger partial charge in [-0.15, -0.1) is 16.9 Å². The summed E-state index contributed by atoms with van der Waals surface area (Å²) < 4.78 is 1.94. The lowest BCUT2D eigenvalue weighted by Crippen LogP contribution is -2.02. The Morgan fingerprint density at radius 3 is 2.94 bits per heavy atom. The second kappa shape index (κ2) is 4.37. The predicted molar refractivity (Wildman–Crippen MR) is 66.5 cm³/mol. The molecule has 1 saturated carbocycles. The summed E-state index contributed by atoms with van der Waals surface area (Å²) in [6, 6.07) is 8.38. The molecule has 0 spiro atoms. The summed E-state index contributed by atoms with van der Waals surface area (Å²) in [6.45, 7) is 0. The molecule has 6 heteroatoms. The molecule has 1 aliphatic rings. The molecule has 1 aliphatic carbocycles. The first-order chi connectivity index (χ1) is 8.34. The molecule has 0 saturated heterocycles. The summed E-state index contributed by atoms with van der Waals surface area (Å²) in [5, 5.41) is 11.8. The van der Waals surface area contributed by atoms with Gasteiger partial charge in [0.25, 0.3) is 0 Å². The number of para-hydroxylation sites is 1. The Kier molecular flexibility index (Phi) is 2.72. The first kappa shape index (κ1) is 10.6. The topological polar surface area (TPSA) is 69.6 Å². The van der Waals surface area contributed by atoms with Crippen molar-refractivity contribution in [2.75, 3.05) is 5.73 Å². The Hall–Kier alpha value is -1.56. The fraction of sp³-hybridized carbons (Fsp3) is 0.364. The standard InChI is InChI=1S/C11H13N5S/c12-9-3-1-2-4-10(9)17-7-11-13-14-15-16(11)8-5-6-8/h1-4,8H,5-7,12H2. The largest absolute Gasteiger partial charge is 0.398 e. The SMILES string of the molecule is Nc1ccccc1SCc1nnnn1C1CC1. The van der Waals surface area contributed by atoms with E-state index in [1.807, 2.05) is 28.9 Å². The van der Waals surface area contributed by atoms with Crippen LogP contribution in [0.1, 0.15) is 24.7 Å². The lowest BCUT2D eigenvalue weighted by molar-refractivity contribution is 0.593. The van der Waals surface area contributed by atoms with Gasteiger partial charge in [-0.25, -0.2) is 4.68 Å². The van der Waals surface area contributed by atoms with Crippen LogP contribution in [0, 0.1) is 0 Å². The van der Waals surface area contributed by atoms with Crippen molar-refractivity contribution >= 4 is 17.4 Å². The number of thioether (sulfide) groups is 1. The van der Waals surface area contributed by atoms with Gasteiger partial charge in [0, 0.05) is 10.6 Å². The van der Waals surface area contributed by atoms with Gasteiger partial charge < -0.3 is 5.73 Å². The molecule has 0 radical (unpaired) electrons. The molecule has 1 aromatic carbocycles. The van der Waals surface area contributed by atoms with Crippen LogP contribution in [-0.2, 0) is 5.75 Å². The zero-order valence-corrected chi connectivity index (χ0v) is 10.1. The van der Waals surface area contributed by atoms with E-state index in [4.69, 9.17) is 5.73 Å². The van der Waals surface area contributed by atoms with Crippen molar-refractivity contribution in [3.8, 4) is 0 Å². The highest BCUT2D eigenvalue weighted by molar-refractivity contribution is 7.98. The molecule has 88 valence electrons. The molecule has 1 aromatic heterocycles. The summed E-state index contributed by atoms with van der Waals surface area (Å²) >= 11 is 1.68. The van der Waals surface area contributed by atoms with E-state index in [0.717, 1.165) is 22.2 Å². The number of aromatic nitrogens is 4. The molecule has 2 aromatic rings. The Morgan fingerprint density at radius 1 is 1.35 bits per heavy atom. The number of nitrogens with two attached hydrogens (primary N) is 1. The molecule has 0 atom stereocenters. The molecule has 0 amide bonds. The quantitative estimate of drug-likeness (QED) is 0.660. The number of hydrogen-bond donors (Lipinski definition) is 1. The molecule has 5 nitrogen and oxygen atoms in total. The molecule has 2 N–H and O–H groups in total. The molecule has 0 unspecified atom stereocenters. The van der Waals surface area contributed by atoms with E-state index in [9.17, 15) is 0 Å². The van der Waals surface area contributed by atoms with Gasteiger partial charge in [0.2, 0.25) is 0 Å². The van der Waals surface area contributed by atoms with Crippen LogP contribution in [0.15, 0.2) is 29.2 Å². The number of tetrazole rings is 1. The van der Waals surface area contributed by atoms with Crippen molar-refractivity contribution in [3.63, 3.8) is 0 Å². The fourth-order valence-corrected chi connectivity index (χ4v) is 2.55. The number of nitrogen functional groups attached to an aromatic ring is 1. The molecule has 0 bridgehead atoms. The average molecular weight is 247 g/mol. The summed E-state index contributed by atoms with van der Waals surface area (Å²) in [4.78, 5) is 1.08. The van der Waals surface area contributed by atoms with Crippen molar-refractivity contribution in [2.24, 2.45) is 0 Å². The Balaban J connectivity index is 1.71. The zero-order chi connectivity index (χ0) is 11.7. The normalized spacial score (nSPS) is 15.1. The van der Waals surface area contributed by atoms with Gasteiger partial charge in [0.1, 0.15) is 0 Å². The number of hydrogen-bond acceptors (Lipinski definition) is 5. The lowest BCUT2D eigenvalue weighted by Gasteiger charge is -2.04. The first-order valence-corrected chi connectivity index (χ1v) is 6.57. The van der Waals surface area contributed by atoms with E-state index in [1.165, 1.54) is 12.8 Å². The van der Waals surface area contributed by atoms with Crippen LogP contribution in [0.5, 0.6) is 0 Å². The molecule has 3 rings (SSSR count). The minimum atomic E-state index is 0.522.